The van der Waals surface area contributed by atoms with Gasteiger partial charge in [0.2, 0.25) is 0 Å². The molecule has 106 valence electrons. The minimum atomic E-state index is 0.240. The van der Waals surface area contributed by atoms with Crippen LogP contribution in [0.4, 0.5) is 5.69 Å². The van der Waals surface area contributed by atoms with Gasteiger partial charge in [0.1, 0.15) is 5.76 Å². The molecule has 3 heteroatoms. The zero-order valence-corrected chi connectivity index (χ0v) is 12.2. The Morgan fingerprint density at radius 3 is 3.05 bits per heavy atom. The highest BCUT2D eigenvalue weighted by Crippen LogP contribution is 2.27. The first-order valence-corrected chi connectivity index (χ1v) is 7.34. The molecule has 1 atom stereocenters. The van der Waals surface area contributed by atoms with Crippen LogP contribution in [0, 0.1) is 0 Å². The number of hydrogen-bond donors (Lipinski definition) is 1. The third-order valence-corrected chi connectivity index (χ3v) is 4.08. The predicted molar refractivity (Wildman–Crippen MR) is 82.0 cm³/mol. The molecule has 1 N–H and O–H groups in total. The Morgan fingerprint density at radius 1 is 1.35 bits per heavy atom. The van der Waals surface area contributed by atoms with Crippen LogP contribution in [0.2, 0.25) is 0 Å². The van der Waals surface area contributed by atoms with Gasteiger partial charge in [0.15, 0.2) is 0 Å². The standard InChI is InChI=1S/C17H22N2O/c1-13(17-6-4-10-20-17)18-12-14-7-8-16-15(11-14)5-3-9-19(16)2/h4,6-8,10-11,13,18H,3,5,9,12H2,1-2H3. The molecular formula is C17H22N2O. The van der Waals surface area contributed by atoms with Crippen molar-refractivity contribution in [3.63, 3.8) is 0 Å². The van der Waals surface area contributed by atoms with Crippen LogP contribution in [-0.4, -0.2) is 13.6 Å². The fourth-order valence-corrected chi connectivity index (χ4v) is 2.86. The van der Waals surface area contributed by atoms with Crippen LogP contribution in [-0.2, 0) is 13.0 Å². The molecule has 0 saturated heterocycles. The Balaban J connectivity index is 1.66. The van der Waals surface area contributed by atoms with Crippen LogP contribution in [0.5, 0.6) is 0 Å². The molecule has 0 saturated carbocycles. The molecule has 20 heavy (non-hydrogen) atoms. The summed E-state index contributed by atoms with van der Waals surface area (Å²) in [7, 11) is 2.18. The highest BCUT2D eigenvalue weighted by molar-refractivity contribution is 5.56. The molecule has 1 aromatic heterocycles. The van der Waals surface area contributed by atoms with Gasteiger partial charge in [-0.1, -0.05) is 12.1 Å². The van der Waals surface area contributed by atoms with E-state index in [1.807, 2.05) is 12.1 Å². The summed E-state index contributed by atoms with van der Waals surface area (Å²) in [5.74, 6) is 0.989. The largest absolute Gasteiger partial charge is 0.468 e. The minimum Gasteiger partial charge on any atom is -0.468 e. The lowest BCUT2D eigenvalue weighted by molar-refractivity contribution is 0.430. The molecule has 0 aliphatic carbocycles. The van der Waals surface area contributed by atoms with Gasteiger partial charge in [-0.3, -0.25) is 0 Å². The highest BCUT2D eigenvalue weighted by atomic mass is 16.3. The first-order valence-electron chi connectivity index (χ1n) is 7.34. The predicted octanol–water partition coefficient (Wildman–Crippen LogP) is 3.51. The van der Waals surface area contributed by atoms with Crippen molar-refractivity contribution in [2.45, 2.75) is 32.4 Å². The Labute approximate surface area is 120 Å². The molecule has 3 rings (SSSR count). The molecule has 0 amide bonds. The second kappa shape index (κ2) is 5.71. The Kier molecular flexibility index (Phi) is 3.79. The second-order valence-corrected chi connectivity index (χ2v) is 5.61. The number of rotatable bonds is 4. The van der Waals surface area contributed by atoms with Gasteiger partial charge < -0.3 is 14.6 Å². The maximum absolute atomic E-state index is 5.42. The van der Waals surface area contributed by atoms with E-state index in [-0.39, 0.29) is 6.04 Å². The summed E-state index contributed by atoms with van der Waals surface area (Å²) in [4.78, 5) is 2.35. The lowest BCUT2D eigenvalue weighted by Crippen LogP contribution is -2.25. The van der Waals surface area contributed by atoms with Gasteiger partial charge in [-0.15, -0.1) is 0 Å². The highest BCUT2D eigenvalue weighted by Gasteiger charge is 2.14. The minimum absolute atomic E-state index is 0.240. The number of anilines is 1. The van der Waals surface area contributed by atoms with Crippen molar-refractivity contribution in [3.05, 3.63) is 53.5 Å². The van der Waals surface area contributed by atoms with Crippen LogP contribution < -0.4 is 10.2 Å². The number of aryl methyl sites for hydroxylation is 1. The molecule has 3 nitrogen and oxygen atoms in total. The van der Waals surface area contributed by atoms with E-state index in [0.29, 0.717) is 0 Å². The van der Waals surface area contributed by atoms with Crippen LogP contribution in [0.25, 0.3) is 0 Å². The fraction of sp³-hybridized carbons (Fsp3) is 0.412. The average Bonchev–Trinajstić information content (AvgIpc) is 2.99. The van der Waals surface area contributed by atoms with Gasteiger partial charge >= 0.3 is 0 Å². The monoisotopic (exact) mass is 270 g/mol. The second-order valence-electron chi connectivity index (χ2n) is 5.61. The van der Waals surface area contributed by atoms with E-state index in [1.54, 1.807) is 6.26 Å². The van der Waals surface area contributed by atoms with Crippen LogP contribution in [0.1, 0.15) is 36.3 Å². The first-order chi connectivity index (χ1) is 9.74. The Bertz CT molecular complexity index is 562. The number of nitrogens with zero attached hydrogens (tertiary/aromatic N) is 1. The van der Waals surface area contributed by atoms with Crippen LogP contribution >= 0.6 is 0 Å². The number of furan rings is 1. The maximum Gasteiger partial charge on any atom is 0.120 e. The van der Waals surface area contributed by atoms with E-state index in [9.17, 15) is 0 Å². The maximum atomic E-state index is 5.42. The summed E-state index contributed by atoms with van der Waals surface area (Å²) in [6.45, 7) is 4.17. The van der Waals surface area contributed by atoms with E-state index in [0.717, 1.165) is 12.3 Å². The number of fused-ring (bicyclic) bond motifs is 1. The van der Waals surface area contributed by atoms with Crippen molar-refractivity contribution in [2.24, 2.45) is 0 Å². The van der Waals surface area contributed by atoms with Gasteiger partial charge in [-0.25, -0.2) is 0 Å². The zero-order valence-electron chi connectivity index (χ0n) is 12.2. The van der Waals surface area contributed by atoms with Gasteiger partial charge in [0.05, 0.1) is 12.3 Å². The molecule has 0 spiro atoms. The normalized spacial score (nSPS) is 16.0. The fourth-order valence-electron chi connectivity index (χ4n) is 2.86. The summed E-state index contributed by atoms with van der Waals surface area (Å²) in [6.07, 6.45) is 4.17. The summed E-state index contributed by atoms with van der Waals surface area (Å²) in [5.41, 5.74) is 4.21. The molecule has 1 unspecified atom stereocenters. The summed E-state index contributed by atoms with van der Waals surface area (Å²) < 4.78 is 5.42. The van der Waals surface area contributed by atoms with E-state index in [4.69, 9.17) is 4.42 Å². The molecule has 2 heterocycles. The third kappa shape index (κ3) is 2.73. The van der Waals surface area contributed by atoms with Crippen molar-refractivity contribution in [2.75, 3.05) is 18.5 Å². The topological polar surface area (TPSA) is 28.4 Å². The van der Waals surface area contributed by atoms with Crippen molar-refractivity contribution >= 4 is 5.69 Å². The molecule has 0 radical (unpaired) electrons. The number of benzene rings is 1. The lowest BCUT2D eigenvalue weighted by Gasteiger charge is -2.28. The van der Waals surface area contributed by atoms with Crippen LogP contribution in [0.3, 0.4) is 0 Å². The third-order valence-electron chi connectivity index (χ3n) is 4.08. The summed E-state index contributed by atoms with van der Waals surface area (Å²) >= 11 is 0. The van der Waals surface area contributed by atoms with Crippen molar-refractivity contribution in [1.29, 1.82) is 0 Å². The van der Waals surface area contributed by atoms with E-state index >= 15 is 0 Å². The van der Waals surface area contributed by atoms with Crippen molar-refractivity contribution in [3.8, 4) is 0 Å². The molecular weight excluding hydrogens is 248 g/mol. The first kappa shape index (κ1) is 13.3. The number of hydrogen-bond acceptors (Lipinski definition) is 3. The van der Waals surface area contributed by atoms with E-state index in [2.05, 4.69) is 42.4 Å². The molecule has 1 aliphatic heterocycles. The van der Waals surface area contributed by atoms with E-state index < -0.39 is 0 Å². The average molecular weight is 270 g/mol. The molecule has 1 aliphatic rings. The van der Waals surface area contributed by atoms with Gasteiger partial charge in [0, 0.05) is 25.8 Å². The van der Waals surface area contributed by atoms with Crippen molar-refractivity contribution in [1.82, 2.24) is 5.32 Å². The molecule has 2 aromatic rings. The molecule has 0 fully saturated rings. The van der Waals surface area contributed by atoms with Crippen LogP contribution in [0.15, 0.2) is 41.0 Å². The summed E-state index contributed by atoms with van der Waals surface area (Å²) in [6, 6.07) is 11.0. The Morgan fingerprint density at radius 2 is 2.25 bits per heavy atom. The van der Waals surface area contributed by atoms with E-state index in [1.165, 1.54) is 36.2 Å². The number of nitrogens with one attached hydrogen (secondary N) is 1. The smallest absolute Gasteiger partial charge is 0.120 e. The lowest BCUT2D eigenvalue weighted by atomic mass is 9.99. The summed E-state index contributed by atoms with van der Waals surface area (Å²) in [5, 5.41) is 3.51. The van der Waals surface area contributed by atoms with Gasteiger partial charge in [-0.2, -0.15) is 0 Å². The van der Waals surface area contributed by atoms with Gasteiger partial charge in [0.25, 0.3) is 0 Å². The zero-order chi connectivity index (χ0) is 13.9. The van der Waals surface area contributed by atoms with Crippen molar-refractivity contribution < 1.29 is 4.42 Å². The molecule has 1 aromatic carbocycles. The Hall–Kier alpha value is -1.74. The van der Waals surface area contributed by atoms with Gasteiger partial charge in [-0.05, 0) is 49.1 Å². The quantitative estimate of drug-likeness (QED) is 0.921. The molecule has 0 bridgehead atoms. The SMILES string of the molecule is CC(NCc1ccc2c(c1)CCCN2C)c1ccco1.